The molecule has 0 aliphatic heterocycles. The summed E-state index contributed by atoms with van der Waals surface area (Å²) in [6, 6.07) is -0.877. The lowest BCUT2D eigenvalue weighted by Gasteiger charge is -2.27. The molecule has 2 N–H and O–H groups in total. The molecule has 83 heavy (non-hydrogen) atoms. The van der Waals surface area contributed by atoms with Crippen LogP contribution < -0.4 is 5.32 Å². The van der Waals surface area contributed by atoms with Crippen LogP contribution in [0.5, 0.6) is 0 Å². The zero-order chi connectivity index (χ0) is 60.7. The zero-order valence-corrected chi connectivity index (χ0v) is 54.8. The molecule has 0 heterocycles. The molecule has 1 amide bonds. The van der Waals surface area contributed by atoms with E-state index in [9.17, 15) is 19.0 Å². The molecule has 0 bridgehead atoms. The third-order valence-electron chi connectivity index (χ3n) is 13.8. The molecule has 0 aromatic carbocycles. The number of nitrogens with zero attached hydrogens (tertiary/aromatic N) is 1. The van der Waals surface area contributed by atoms with Gasteiger partial charge in [0.25, 0.3) is 0 Å². The number of esters is 1. The van der Waals surface area contributed by atoms with Gasteiger partial charge >= 0.3 is 13.8 Å². The Morgan fingerprint density at radius 2 is 0.771 bits per heavy atom. The van der Waals surface area contributed by atoms with Crippen LogP contribution in [-0.4, -0.2) is 74.3 Å². The van der Waals surface area contributed by atoms with Crippen molar-refractivity contribution in [3.8, 4) is 0 Å². The van der Waals surface area contributed by atoms with E-state index in [1.54, 1.807) is 0 Å². The Hall–Kier alpha value is -4.11. The number of phosphoric ester groups is 1. The lowest BCUT2D eigenvalue weighted by molar-refractivity contribution is -0.870. The van der Waals surface area contributed by atoms with E-state index in [1.807, 2.05) is 33.3 Å². The monoisotopic (exact) mass is 1170 g/mol. The minimum absolute atomic E-state index is 0.0250. The third-order valence-corrected chi connectivity index (χ3v) is 14.8. The van der Waals surface area contributed by atoms with Crippen molar-refractivity contribution in [2.75, 3.05) is 40.9 Å². The minimum Gasteiger partial charge on any atom is -0.456 e. The maximum atomic E-state index is 13.6. The molecule has 0 aromatic rings. The van der Waals surface area contributed by atoms with E-state index in [2.05, 4.69) is 160 Å². The highest BCUT2D eigenvalue weighted by Crippen LogP contribution is 2.43. The summed E-state index contributed by atoms with van der Waals surface area (Å²) >= 11 is 0. The number of amides is 1. The van der Waals surface area contributed by atoms with Crippen LogP contribution in [0, 0.1) is 0 Å². The Morgan fingerprint density at radius 3 is 1.16 bits per heavy atom. The van der Waals surface area contributed by atoms with Crippen LogP contribution in [-0.2, 0) is 27.9 Å². The molecule has 0 rings (SSSR count). The fourth-order valence-electron chi connectivity index (χ4n) is 8.73. The van der Waals surface area contributed by atoms with E-state index < -0.39 is 20.0 Å². The summed E-state index contributed by atoms with van der Waals surface area (Å²) in [6.07, 6.45) is 88.5. The zero-order valence-electron chi connectivity index (χ0n) is 53.9. The second kappa shape index (κ2) is 61.0. The quantitative estimate of drug-likeness (QED) is 0.0205. The first kappa shape index (κ1) is 78.9. The van der Waals surface area contributed by atoms with Crippen molar-refractivity contribution in [1.29, 1.82) is 0 Å². The normalized spacial score (nSPS) is 14.5. The second-order valence-corrected chi connectivity index (χ2v) is 24.3. The van der Waals surface area contributed by atoms with Gasteiger partial charge in [-0.2, -0.15) is 0 Å². The van der Waals surface area contributed by atoms with Crippen LogP contribution in [0.3, 0.4) is 0 Å². The number of ether oxygens (including phenoxy) is 1. The van der Waals surface area contributed by atoms with E-state index in [1.165, 1.54) is 44.9 Å². The van der Waals surface area contributed by atoms with Gasteiger partial charge in [-0.05, 0) is 128 Å². The molecule has 3 atom stereocenters. The van der Waals surface area contributed by atoms with Gasteiger partial charge in [0.1, 0.15) is 19.3 Å². The van der Waals surface area contributed by atoms with E-state index in [0.29, 0.717) is 23.9 Å². The van der Waals surface area contributed by atoms with Crippen molar-refractivity contribution in [3.63, 3.8) is 0 Å². The van der Waals surface area contributed by atoms with E-state index in [-0.39, 0.29) is 31.5 Å². The maximum Gasteiger partial charge on any atom is 0.472 e. The molecule has 10 heteroatoms. The van der Waals surface area contributed by atoms with Crippen LogP contribution in [0.4, 0.5) is 0 Å². The Kier molecular flexibility index (Phi) is 58.0. The lowest BCUT2D eigenvalue weighted by Crippen LogP contribution is -2.47. The Balaban J connectivity index is 5.21. The molecule has 0 spiro atoms. The Morgan fingerprint density at radius 1 is 0.434 bits per heavy atom. The number of likely N-dealkylation sites (N-methyl/N-ethyl adjacent to an activating group) is 1. The first-order chi connectivity index (χ1) is 40.4. The summed E-state index contributed by atoms with van der Waals surface area (Å²) < 4.78 is 30.7. The summed E-state index contributed by atoms with van der Waals surface area (Å²) in [5, 5.41) is 3.04. The number of allylic oxidation sites excluding steroid dienone is 23. The molecule has 0 saturated heterocycles. The third kappa shape index (κ3) is 62.2. The molecule has 472 valence electrons. The SMILES string of the molecule is CC/C=C\C/C=C\C/C=C\C/C=C\C/C=C\C/C=C\CCCCCCCCC(=O)NC(COP(=O)(O)OCC[N+](C)(C)C)C(/C=C\CCCCCCCCCCC)OC(=O)CCCCCCC/C=C\C/C=C\C/C=C\C/C=C\C/C=C\CC. The van der Waals surface area contributed by atoms with Crippen LogP contribution >= 0.6 is 7.82 Å². The van der Waals surface area contributed by atoms with Crippen molar-refractivity contribution < 1.29 is 37.3 Å². The van der Waals surface area contributed by atoms with Crippen LogP contribution in [0.15, 0.2) is 146 Å². The van der Waals surface area contributed by atoms with Crippen LogP contribution in [0.1, 0.15) is 252 Å². The van der Waals surface area contributed by atoms with Crippen molar-refractivity contribution in [1.82, 2.24) is 5.32 Å². The van der Waals surface area contributed by atoms with Crippen molar-refractivity contribution in [2.24, 2.45) is 0 Å². The van der Waals surface area contributed by atoms with Gasteiger partial charge in [0.05, 0.1) is 33.8 Å². The predicted octanol–water partition coefficient (Wildman–Crippen LogP) is 21.0. The molecule has 0 aromatic heterocycles. The summed E-state index contributed by atoms with van der Waals surface area (Å²) in [4.78, 5) is 37.8. The van der Waals surface area contributed by atoms with E-state index in [0.717, 1.165) is 167 Å². The standard InChI is InChI=1S/C73H123N2O7P/c1-7-10-13-16-19-22-25-27-29-31-33-35-36-37-38-40-41-43-45-47-50-53-56-59-62-65-72(76)74-70(69-81-83(78,79)80-68-67-75(4,5)6)71(64-61-58-55-52-49-24-21-18-15-12-9-3)82-73(77)66-63-60-57-54-51-48-46-44-42-39-34-32-30-28-26-23-20-17-14-11-8-2/h10-11,13-14,19-20,22-23,27-30,33-35,37-39,41,43-44,46,61,64,70-71H,7-9,12,15-18,21,24-26,31-32,36,40,42,45,47-60,62-63,65-69H2,1-6H3,(H-,74,76,78,79)/p+1/b13-10-,14-11-,22-19-,23-20-,29-27-,30-28-,35-33-,38-37-,39-34-,43-41-,46-44-,64-61-. The second-order valence-electron chi connectivity index (χ2n) is 22.9. The number of phosphoric acid groups is 1. The number of quaternary nitrogens is 1. The first-order valence-electron chi connectivity index (χ1n) is 33.2. The molecule has 0 fully saturated rings. The number of nitrogens with one attached hydrogen (secondary N) is 1. The summed E-state index contributed by atoms with van der Waals surface area (Å²) in [5.74, 6) is -0.555. The average Bonchev–Trinajstić information content (AvgIpc) is 3.51. The van der Waals surface area contributed by atoms with Gasteiger partial charge < -0.3 is 19.4 Å². The summed E-state index contributed by atoms with van der Waals surface area (Å²) in [6.45, 7) is 6.74. The predicted molar refractivity (Wildman–Crippen MR) is 359 cm³/mol. The fraction of sp³-hybridized carbons (Fsp3) is 0.644. The molecule has 0 radical (unpaired) electrons. The summed E-state index contributed by atoms with van der Waals surface area (Å²) in [7, 11) is 1.45. The smallest absolute Gasteiger partial charge is 0.456 e. The summed E-state index contributed by atoms with van der Waals surface area (Å²) in [5.41, 5.74) is 0. The first-order valence-corrected chi connectivity index (χ1v) is 34.7. The van der Waals surface area contributed by atoms with Gasteiger partial charge in [-0.1, -0.05) is 257 Å². The molecule has 0 aliphatic carbocycles. The minimum atomic E-state index is -4.47. The number of carbonyl (C=O) groups is 2. The van der Waals surface area contributed by atoms with E-state index in [4.69, 9.17) is 13.8 Å². The van der Waals surface area contributed by atoms with Crippen molar-refractivity contribution >= 4 is 19.7 Å². The largest absolute Gasteiger partial charge is 0.472 e. The van der Waals surface area contributed by atoms with Gasteiger partial charge in [0.2, 0.25) is 5.91 Å². The van der Waals surface area contributed by atoms with Crippen LogP contribution in [0.2, 0.25) is 0 Å². The van der Waals surface area contributed by atoms with Crippen LogP contribution in [0.25, 0.3) is 0 Å². The van der Waals surface area contributed by atoms with Gasteiger partial charge in [-0.15, -0.1) is 0 Å². The van der Waals surface area contributed by atoms with Gasteiger partial charge in [0, 0.05) is 12.8 Å². The molecule has 9 nitrogen and oxygen atoms in total. The number of hydrogen-bond donors (Lipinski definition) is 2. The number of carbonyl (C=O) groups excluding carboxylic acids is 2. The highest BCUT2D eigenvalue weighted by atomic mass is 31.2. The Bertz CT molecular complexity index is 1930. The van der Waals surface area contributed by atoms with Crippen molar-refractivity contribution in [3.05, 3.63) is 146 Å². The molecular formula is C73H124N2O7P+. The highest BCUT2D eigenvalue weighted by molar-refractivity contribution is 7.47. The highest BCUT2D eigenvalue weighted by Gasteiger charge is 2.30. The maximum absolute atomic E-state index is 13.6. The molecule has 0 saturated carbocycles. The average molecular weight is 1170 g/mol. The molecule has 3 unspecified atom stereocenters. The van der Waals surface area contributed by atoms with Gasteiger partial charge in [0.15, 0.2) is 0 Å². The Labute approximate surface area is 510 Å². The number of rotatable bonds is 58. The van der Waals surface area contributed by atoms with Crippen molar-refractivity contribution in [2.45, 2.75) is 264 Å². The number of hydrogen-bond acceptors (Lipinski definition) is 6. The molecular weight excluding hydrogens is 1050 g/mol. The van der Waals surface area contributed by atoms with E-state index >= 15 is 0 Å². The lowest BCUT2D eigenvalue weighted by atomic mass is 10.1. The molecule has 0 aliphatic rings. The van der Waals surface area contributed by atoms with Gasteiger partial charge in [-0.25, -0.2) is 4.57 Å². The number of unbranched alkanes of at least 4 members (excludes halogenated alkanes) is 20. The topological polar surface area (TPSA) is 111 Å². The van der Waals surface area contributed by atoms with Gasteiger partial charge in [-0.3, -0.25) is 18.6 Å². The fourth-order valence-corrected chi connectivity index (χ4v) is 9.47.